The summed E-state index contributed by atoms with van der Waals surface area (Å²) in [5.41, 5.74) is 8.86. The topological polar surface area (TPSA) is 69.6 Å². The zero-order valence-corrected chi connectivity index (χ0v) is 11.4. The van der Waals surface area contributed by atoms with Crippen molar-refractivity contribution < 1.29 is 0 Å². The Morgan fingerprint density at radius 2 is 2.17 bits per heavy atom. The van der Waals surface area contributed by atoms with Gasteiger partial charge in [-0.25, -0.2) is 9.97 Å². The molecule has 0 bridgehead atoms. The van der Waals surface area contributed by atoms with Gasteiger partial charge in [-0.3, -0.25) is 4.68 Å². The molecule has 6 heteroatoms. The molecule has 0 fully saturated rings. The summed E-state index contributed by atoms with van der Waals surface area (Å²) in [5.74, 6) is 0.719. The second kappa shape index (κ2) is 5.04. The zero-order chi connectivity index (χ0) is 13.3. The summed E-state index contributed by atoms with van der Waals surface area (Å²) >= 11 is 6.19. The van der Waals surface area contributed by atoms with E-state index in [1.54, 1.807) is 10.9 Å². The summed E-state index contributed by atoms with van der Waals surface area (Å²) < 4.78 is 1.66. The lowest BCUT2D eigenvalue weighted by atomic mass is 10.0. The lowest BCUT2D eigenvalue weighted by Gasteiger charge is -2.11. The molecule has 2 N–H and O–H groups in total. The predicted molar refractivity (Wildman–Crippen MR) is 70.4 cm³/mol. The molecule has 0 saturated carbocycles. The summed E-state index contributed by atoms with van der Waals surface area (Å²) in [6, 6.07) is 1.63. The van der Waals surface area contributed by atoms with Gasteiger partial charge in [0, 0.05) is 18.8 Å². The van der Waals surface area contributed by atoms with E-state index in [4.69, 9.17) is 17.3 Å². The second-order valence-corrected chi connectivity index (χ2v) is 4.68. The molecule has 0 spiro atoms. The number of halogens is 1. The molecule has 0 amide bonds. The van der Waals surface area contributed by atoms with Crippen LogP contribution in [0.1, 0.15) is 28.8 Å². The highest BCUT2D eigenvalue weighted by Crippen LogP contribution is 2.23. The Balaban J connectivity index is 2.24. The summed E-state index contributed by atoms with van der Waals surface area (Å²) in [6.07, 6.45) is 2.34. The van der Waals surface area contributed by atoms with Crippen molar-refractivity contribution in [2.24, 2.45) is 12.8 Å². The van der Waals surface area contributed by atoms with Crippen molar-refractivity contribution in [2.75, 3.05) is 0 Å². The van der Waals surface area contributed by atoms with Gasteiger partial charge in [-0.15, -0.1) is 0 Å². The van der Waals surface area contributed by atoms with Crippen LogP contribution in [0.15, 0.2) is 12.3 Å². The van der Waals surface area contributed by atoms with Crippen molar-refractivity contribution >= 4 is 11.6 Å². The van der Waals surface area contributed by atoms with Crippen molar-refractivity contribution in [1.29, 1.82) is 0 Å². The third kappa shape index (κ3) is 2.52. The SMILES string of the molecule is Cc1nccc(C(N)Cc2c(C)nn(C)c2Cl)n1. The average molecular weight is 266 g/mol. The van der Waals surface area contributed by atoms with Crippen LogP contribution in [0.5, 0.6) is 0 Å². The number of nitrogens with two attached hydrogens (primary N) is 1. The monoisotopic (exact) mass is 265 g/mol. The van der Waals surface area contributed by atoms with Crippen molar-refractivity contribution in [3.63, 3.8) is 0 Å². The fourth-order valence-electron chi connectivity index (χ4n) is 1.91. The van der Waals surface area contributed by atoms with Gasteiger partial charge in [-0.05, 0) is 26.3 Å². The molecule has 2 aromatic rings. The van der Waals surface area contributed by atoms with Crippen LogP contribution in [0.2, 0.25) is 5.15 Å². The minimum absolute atomic E-state index is 0.202. The molecule has 5 nitrogen and oxygen atoms in total. The molecule has 2 rings (SSSR count). The first kappa shape index (κ1) is 13.0. The highest BCUT2D eigenvalue weighted by molar-refractivity contribution is 6.30. The van der Waals surface area contributed by atoms with Gasteiger partial charge in [0.2, 0.25) is 0 Å². The molecular formula is C12H16ClN5. The van der Waals surface area contributed by atoms with E-state index in [9.17, 15) is 0 Å². The van der Waals surface area contributed by atoms with E-state index >= 15 is 0 Å². The van der Waals surface area contributed by atoms with Gasteiger partial charge in [0.05, 0.1) is 17.4 Å². The van der Waals surface area contributed by atoms with Crippen LogP contribution < -0.4 is 5.73 Å². The summed E-state index contributed by atoms with van der Waals surface area (Å²) in [4.78, 5) is 8.39. The van der Waals surface area contributed by atoms with Crippen LogP contribution in [0.25, 0.3) is 0 Å². The average Bonchev–Trinajstić information content (AvgIpc) is 2.56. The molecule has 0 aliphatic rings. The summed E-state index contributed by atoms with van der Waals surface area (Å²) in [5, 5.41) is 4.90. The maximum Gasteiger partial charge on any atom is 0.130 e. The van der Waals surface area contributed by atoms with Crippen LogP contribution in [0, 0.1) is 13.8 Å². The predicted octanol–water partition coefficient (Wildman–Crippen LogP) is 1.72. The van der Waals surface area contributed by atoms with Crippen LogP contribution >= 0.6 is 11.6 Å². The summed E-state index contributed by atoms with van der Waals surface area (Å²) in [6.45, 7) is 3.78. The van der Waals surface area contributed by atoms with Gasteiger partial charge in [-0.1, -0.05) is 11.6 Å². The lowest BCUT2D eigenvalue weighted by molar-refractivity contribution is 0.685. The number of aromatic nitrogens is 4. The van der Waals surface area contributed by atoms with E-state index in [1.807, 2.05) is 27.0 Å². The van der Waals surface area contributed by atoms with Gasteiger partial charge in [-0.2, -0.15) is 5.10 Å². The first-order valence-electron chi connectivity index (χ1n) is 5.72. The number of aryl methyl sites for hydroxylation is 3. The molecule has 2 aromatic heterocycles. The molecule has 96 valence electrons. The number of rotatable bonds is 3. The fraction of sp³-hybridized carbons (Fsp3) is 0.417. The molecule has 0 saturated heterocycles. The molecule has 2 heterocycles. The minimum atomic E-state index is -0.202. The molecule has 0 radical (unpaired) electrons. The third-order valence-corrected chi connectivity index (χ3v) is 3.34. The van der Waals surface area contributed by atoms with Crippen LogP contribution in [0.4, 0.5) is 0 Å². The Hall–Kier alpha value is -1.46. The lowest BCUT2D eigenvalue weighted by Crippen LogP contribution is -2.16. The Morgan fingerprint density at radius 3 is 2.72 bits per heavy atom. The first-order valence-corrected chi connectivity index (χ1v) is 6.10. The Bertz CT molecular complexity index is 564. The number of hydrogen-bond donors (Lipinski definition) is 1. The maximum absolute atomic E-state index is 6.19. The standard InChI is InChI=1S/C12H16ClN5/c1-7-9(12(13)18(3)17-7)6-10(14)11-4-5-15-8(2)16-11/h4-5,10H,6,14H2,1-3H3. The van der Waals surface area contributed by atoms with Crippen LogP contribution in [0.3, 0.4) is 0 Å². The molecule has 0 aromatic carbocycles. The molecule has 1 unspecified atom stereocenters. The van der Waals surface area contributed by atoms with Crippen molar-refractivity contribution in [3.8, 4) is 0 Å². The third-order valence-electron chi connectivity index (χ3n) is 2.87. The van der Waals surface area contributed by atoms with Crippen molar-refractivity contribution in [1.82, 2.24) is 19.7 Å². The molecule has 0 aliphatic carbocycles. The van der Waals surface area contributed by atoms with Crippen LogP contribution in [-0.4, -0.2) is 19.7 Å². The van der Waals surface area contributed by atoms with Gasteiger partial charge in [0.1, 0.15) is 11.0 Å². The second-order valence-electron chi connectivity index (χ2n) is 4.32. The largest absolute Gasteiger partial charge is 0.322 e. The highest BCUT2D eigenvalue weighted by Gasteiger charge is 2.16. The van der Waals surface area contributed by atoms with Crippen molar-refractivity contribution in [3.05, 3.63) is 40.2 Å². The maximum atomic E-state index is 6.19. The van der Waals surface area contributed by atoms with E-state index in [2.05, 4.69) is 15.1 Å². The number of hydrogen-bond acceptors (Lipinski definition) is 4. The van der Waals surface area contributed by atoms with Crippen molar-refractivity contribution in [2.45, 2.75) is 26.3 Å². The molecule has 0 aliphatic heterocycles. The van der Waals surface area contributed by atoms with Gasteiger partial charge in [0.25, 0.3) is 0 Å². The number of nitrogens with zero attached hydrogens (tertiary/aromatic N) is 4. The van der Waals surface area contributed by atoms with E-state index in [0.717, 1.165) is 22.8 Å². The van der Waals surface area contributed by atoms with Gasteiger partial charge in [0.15, 0.2) is 0 Å². The highest BCUT2D eigenvalue weighted by atomic mass is 35.5. The van der Waals surface area contributed by atoms with E-state index in [1.165, 1.54) is 0 Å². The van der Waals surface area contributed by atoms with Gasteiger partial charge < -0.3 is 5.73 Å². The Morgan fingerprint density at radius 1 is 1.44 bits per heavy atom. The molecule has 18 heavy (non-hydrogen) atoms. The molecule has 1 atom stereocenters. The Labute approximate surface area is 111 Å². The minimum Gasteiger partial charge on any atom is -0.322 e. The quantitative estimate of drug-likeness (QED) is 0.917. The summed E-state index contributed by atoms with van der Waals surface area (Å²) in [7, 11) is 1.82. The van der Waals surface area contributed by atoms with Gasteiger partial charge >= 0.3 is 0 Å². The fourth-order valence-corrected chi connectivity index (χ4v) is 2.16. The normalized spacial score (nSPS) is 12.7. The van der Waals surface area contributed by atoms with E-state index in [0.29, 0.717) is 11.6 Å². The molecular weight excluding hydrogens is 250 g/mol. The smallest absolute Gasteiger partial charge is 0.130 e. The van der Waals surface area contributed by atoms with E-state index in [-0.39, 0.29) is 6.04 Å². The Kier molecular flexibility index (Phi) is 3.63. The zero-order valence-electron chi connectivity index (χ0n) is 10.7. The van der Waals surface area contributed by atoms with Crippen LogP contribution in [-0.2, 0) is 13.5 Å². The van der Waals surface area contributed by atoms with E-state index < -0.39 is 0 Å². The first-order chi connectivity index (χ1) is 8.49.